The number of aromatic hydroxyl groups is 1. The fourth-order valence-electron chi connectivity index (χ4n) is 1.44. The molecule has 1 aromatic carbocycles. The largest absolute Gasteiger partial charge is 0.505 e. The number of hydrogen-bond donors (Lipinski definition) is 1. The Morgan fingerprint density at radius 3 is 2.62 bits per heavy atom. The number of nitrogens with zero attached hydrogens (tertiary/aromatic N) is 5. The van der Waals surface area contributed by atoms with Crippen LogP contribution in [0.2, 0.25) is 0 Å². The highest BCUT2D eigenvalue weighted by Crippen LogP contribution is 2.13. The molecule has 16 heavy (non-hydrogen) atoms. The van der Waals surface area contributed by atoms with Crippen LogP contribution in [0.15, 0.2) is 36.7 Å². The van der Waals surface area contributed by atoms with Crippen LogP contribution < -0.4 is 0 Å². The standard InChI is InChI=1S/C10H7N5O/c16-7-5-11-10(12-6-7)15-9-4-2-1-3-8(9)13-14-15/h1-6,16H. The van der Waals surface area contributed by atoms with Crippen LogP contribution in [0.1, 0.15) is 0 Å². The first-order chi connectivity index (χ1) is 7.84. The van der Waals surface area contributed by atoms with Crippen LogP contribution in [0.5, 0.6) is 5.75 Å². The second-order valence-electron chi connectivity index (χ2n) is 3.23. The zero-order valence-corrected chi connectivity index (χ0v) is 8.15. The summed E-state index contributed by atoms with van der Waals surface area (Å²) in [5.41, 5.74) is 1.60. The highest BCUT2D eigenvalue weighted by atomic mass is 16.3. The van der Waals surface area contributed by atoms with Crippen LogP contribution in [0.3, 0.4) is 0 Å². The van der Waals surface area contributed by atoms with Crippen molar-refractivity contribution in [2.45, 2.75) is 0 Å². The molecule has 6 nitrogen and oxygen atoms in total. The Bertz CT molecular complexity index is 631. The summed E-state index contributed by atoms with van der Waals surface area (Å²) in [5.74, 6) is 0.402. The summed E-state index contributed by atoms with van der Waals surface area (Å²) in [4.78, 5) is 7.94. The SMILES string of the molecule is Oc1cnc(-n2nnc3ccccc32)nc1. The molecule has 0 bridgehead atoms. The zero-order valence-electron chi connectivity index (χ0n) is 8.15. The maximum Gasteiger partial charge on any atom is 0.252 e. The van der Waals surface area contributed by atoms with Crippen molar-refractivity contribution in [3.63, 3.8) is 0 Å². The summed E-state index contributed by atoms with van der Waals surface area (Å²) in [6, 6.07) is 7.52. The number of fused-ring (bicyclic) bond motifs is 1. The summed E-state index contributed by atoms with van der Waals surface area (Å²) in [7, 11) is 0. The molecule has 2 heterocycles. The number of hydrogen-bond acceptors (Lipinski definition) is 5. The van der Waals surface area contributed by atoms with E-state index in [1.807, 2.05) is 24.3 Å². The van der Waals surface area contributed by atoms with E-state index in [0.29, 0.717) is 5.95 Å². The van der Waals surface area contributed by atoms with E-state index in [9.17, 15) is 0 Å². The summed E-state index contributed by atoms with van der Waals surface area (Å²) in [5, 5.41) is 17.0. The molecule has 0 aliphatic carbocycles. The molecule has 2 aromatic heterocycles. The predicted octanol–water partition coefficient (Wildman–Crippen LogP) is 0.916. The molecule has 0 saturated carbocycles. The third-order valence-corrected chi connectivity index (χ3v) is 2.17. The van der Waals surface area contributed by atoms with E-state index in [1.54, 1.807) is 0 Å². The van der Waals surface area contributed by atoms with Crippen molar-refractivity contribution in [3.05, 3.63) is 36.7 Å². The molecule has 3 aromatic rings. The van der Waals surface area contributed by atoms with E-state index < -0.39 is 0 Å². The van der Waals surface area contributed by atoms with Gasteiger partial charge >= 0.3 is 0 Å². The lowest BCUT2D eigenvalue weighted by Crippen LogP contribution is -2.01. The molecule has 0 fully saturated rings. The molecule has 78 valence electrons. The van der Waals surface area contributed by atoms with Gasteiger partial charge in [-0.15, -0.1) is 5.10 Å². The van der Waals surface area contributed by atoms with Gasteiger partial charge in [-0.25, -0.2) is 9.97 Å². The molecule has 0 saturated heterocycles. The van der Waals surface area contributed by atoms with E-state index in [1.165, 1.54) is 17.1 Å². The van der Waals surface area contributed by atoms with Crippen molar-refractivity contribution < 1.29 is 5.11 Å². The fourth-order valence-corrected chi connectivity index (χ4v) is 1.44. The van der Waals surface area contributed by atoms with Crippen LogP contribution in [-0.2, 0) is 0 Å². The minimum Gasteiger partial charge on any atom is -0.505 e. The second kappa shape index (κ2) is 3.27. The van der Waals surface area contributed by atoms with E-state index in [4.69, 9.17) is 5.11 Å². The molecule has 0 spiro atoms. The lowest BCUT2D eigenvalue weighted by molar-refractivity contribution is 0.468. The van der Waals surface area contributed by atoms with Gasteiger partial charge in [0.25, 0.3) is 5.95 Å². The van der Waals surface area contributed by atoms with Gasteiger partial charge in [0.2, 0.25) is 0 Å². The Hall–Kier alpha value is -2.50. The molecule has 0 aliphatic rings. The number of benzene rings is 1. The molecular formula is C10H7N5O. The van der Waals surface area contributed by atoms with Gasteiger partial charge in [0, 0.05) is 0 Å². The molecule has 0 radical (unpaired) electrons. The van der Waals surface area contributed by atoms with Crippen LogP contribution in [-0.4, -0.2) is 30.1 Å². The third kappa shape index (κ3) is 1.28. The Labute approximate surface area is 90.2 Å². The van der Waals surface area contributed by atoms with Crippen LogP contribution in [0.4, 0.5) is 0 Å². The van der Waals surface area contributed by atoms with E-state index in [0.717, 1.165) is 11.0 Å². The Morgan fingerprint density at radius 1 is 1.06 bits per heavy atom. The van der Waals surface area contributed by atoms with E-state index >= 15 is 0 Å². The highest BCUT2D eigenvalue weighted by molar-refractivity contribution is 5.75. The Balaban J connectivity index is 2.22. The molecule has 0 atom stereocenters. The van der Waals surface area contributed by atoms with Gasteiger partial charge in [-0.2, -0.15) is 4.68 Å². The summed E-state index contributed by atoms with van der Waals surface area (Å²) in [6.45, 7) is 0. The number of aromatic nitrogens is 5. The fraction of sp³-hybridized carbons (Fsp3) is 0. The van der Waals surface area contributed by atoms with Gasteiger partial charge in [-0.05, 0) is 12.1 Å². The first kappa shape index (κ1) is 8.78. The Kier molecular flexibility index (Phi) is 1.79. The van der Waals surface area contributed by atoms with Gasteiger partial charge in [0.05, 0.1) is 17.9 Å². The zero-order chi connectivity index (χ0) is 11.0. The summed E-state index contributed by atoms with van der Waals surface area (Å²) >= 11 is 0. The van der Waals surface area contributed by atoms with E-state index in [2.05, 4.69) is 20.3 Å². The van der Waals surface area contributed by atoms with Crippen molar-refractivity contribution in [3.8, 4) is 11.7 Å². The van der Waals surface area contributed by atoms with Crippen molar-refractivity contribution in [1.82, 2.24) is 25.0 Å². The molecule has 3 rings (SSSR count). The second-order valence-corrected chi connectivity index (χ2v) is 3.23. The van der Waals surface area contributed by atoms with Gasteiger partial charge in [0.1, 0.15) is 5.52 Å². The topological polar surface area (TPSA) is 76.7 Å². The monoisotopic (exact) mass is 213 g/mol. The maximum atomic E-state index is 9.10. The normalized spacial score (nSPS) is 10.8. The van der Waals surface area contributed by atoms with Gasteiger partial charge in [0.15, 0.2) is 5.75 Å². The van der Waals surface area contributed by atoms with Gasteiger partial charge in [-0.3, -0.25) is 0 Å². The van der Waals surface area contributed by atoms with Crippen LogP contribution >= 0.6 is 0 Å². The average Bonchev–Trinajstić information content (AvgIpc) is 2.74. The minimum atomic E-state index is 0.0215. The van der Waals surface area contributed by atoms with Gasteiger partial charge in [-0.1, -0.05) is 17.3 Å². The summed E-state index contributed by atoms with van der Waals surface area (Å²) in [6.07, 6.45) is 2.64. The van der Waals surface area contributed by atoms with Crippen LogP contribution in [0.25, 0.3) is 17.0 Å². The number of rotatable bonds is 1. The summed E-state index contributed by atoms with van der Waals surface area (Å²) < 4.78 is 1.52. The van der Waals surface area contributed by atoms with Crippen molar-refractivity contribution >= 4 is 11.0 Å². The minimum absolute atomic E-state index is 0.0215. The maximum absolute atomic E-state index is 9.10. The van der Waals surface area contributed by atoms with Crippen LogP contribution in [0, 0.1) is 0 Å². The highest BCUT2D eigenvalue weighted by Gasteiger charge is 2.07. The smallest absolute Gasteiger partial charge is 0.252 e. The molecule has 1 N–H and O–H groups in total. The van der Waals surface area contributed by atoms with E-state index in [-0.39, 0.29) is 5.75 Å². The average molecular weight is 213 g/mol. The first-order valence-corrected chi connectivity index (χ1v) is 4.66. The molecule has 0 amide bonds. The van der Waals surface area contributed by atoms with Crippen molar-refractivity contribution in [2.75, 3.05) is 0 Å². The number of para-hydroxylation sites is 1. The first-order valence-electron chi connectivity index (χ1n) is 4.66. The van der Waals surface area contributed by atoms with Crippen molar-refractivity contribution in [1.29, 1.82) is 0 Å². The molecule has 6 heteroatoms. The molecule has 0 aliphatic heterocycles. The lowest BCUT2D eigenvalue weighted by Gasteiger charge is -1.98. The Morgan fingerprint density at radius 2 is 1.81 bits per heavy atom. The third-order valence-electron chi connectivity index (χ3n) is 2.17. The lowest BCUT2D eigenvalue weighted by atomic mass is 10.3. The van der Waals surface area contributed by atoms with Crippen molar-refractivity contribution in [2.24, 2.45) is 0 Å². The van der Waals surface area contributed by atoms with Gasteiger partial charge < -0.3 is 5.11 Å². The quantitative estimate of drug-likeness (QED) is 0.650. The molecule has 0 unspecified atom stereocenters. The predicted molar refractivity (Wildman–Crippen MR) is 56.1 cm³/mol. The molecular weight excluding hydrogens is 206 g/mol.